The number of anilines is 3. The van der Waals surface area contributed by atoms with Crippen molar-refractivity contribution >= 4 is 45.4 Å². The number of pyridine rings is 2. The Bertz CT molecular complexity index is 1800. The van der Waals surface area contributed by atoms with E-state index in [9.17, 15) is 4.79 Å². The van der Waals surface area contributed by atoms with E-state index >= 15 is 0 Å². The molecule has 1 atom stereocenters. The lowest BCUT2D eigenvalue weighted by atomic mass is 10.2. The molecule has 1 aromatic carbocycles. The van der Waals surface area contributed by atoms with Crippen LogP contribution in [0.15, 0.2) is 61.7 Å². The third-order valence-electron chi connectivity index (χ3n) is 7.37. The van der Waals surface area contributed by atoms with E-state index in [-0.39, 0.29) is 11.9 Å². The number of piperazine rings is 1. The van der Waals surface area contributed by atoms with Crippen LogP contribution in [0.3, 0.4) is 0 Å². The predicted molar refractivity (Wildman–Crippen MR) is 159 cm³/mol. The molecule has 5 heterocycles. The van der Waals surface area contributed by atoms with E-state index in [4.69, 9.17) is 9.72 Å². The zero-order valence-electron chi connectivity index (χ0n) is 23.5. The van der Waals surface area contributed by atoms with Crippen LogP contribution in [-0.4, -0.2) is 66.0 Å². The molecule has 1 N–H and O–H groups in total. The number of hydrogen-bond acceptors (Lipinski definition) is 9. The van der Waals surface area contributed by atoms with Crippen LogP contribution in [0.1, 0.15) is 18.2 Å². The Morgan fingerprint density at radius 1 is 1.05 bits per heavy atom. The van der Waals surface area contributed by atoms with Crippen molar-refractivity contribution in [2.45, 2.75) is 26.8 Å². The molecule has 6 rings (SSSR count). The molecular weight excluding hydrogens is 518 g/mol. The summed E-state index contributed by atoms with van der Waals surface area (Å²) in [7, 11) is 1.92. The van der Waals surface area contributed by atoms with E-state index in [0.29, 0.717) is 36.7 Å². The summed E-state index contributed by atoms with van der Waals surface area (Å²) < 4.78 is 8.13. The molecule has 5 aromatic rings. The Morgan fingerprint density at radius 3 is 2.68 bits per heavy atom. The highest BCUT2D eigenvalue weighted by atomic mass is 16.5. The second-order valence-corrected chi connectivity index (χ2v) is 10.3. The number of benzene rings is 1. The number of aromatic nitrogens is 6. The lowest BCUT2D eigenvalue weighted by Crippen LogP contribution is -2.53. The number of amides is 1. The number of carbonyl (C=O) groups excluding carboxylic acids is 1. The van der Waals surface area contributed by atoms with Gasteiger partial charge in [0.25, 0.3) is 0 Å². The topological polar surface area (TPSA) is 114 Å². The fourth-order valence-electron chi connectivity index (χ4n) is 5.13. The molecule has 1 aliphatic rings. The zero-order chi connectivity index (χ0) is 28.7. The highest BCUT2D eigenvalue weighted by Crippen LogP contribution is 2.32. The average Bonchev–Trinajstić information content (AvgIpc) is 3.33. The van der Waals surface area contributed by atoms with Gasteiger partial charge in [-0.1, -0.05) is 6.58 Å². The molecule has 0 bridgehead atoms. The van der Waals surface area contributed by atoms with Gasteiger partial charge < -0.3 is 24.4 Å². The number of aryl methyl sites for hydroxylation is 3. The number of ether oxygens (including phenoxy) is 1. The number of fused-ring (bicyclic) bond motifs is 2. The summed E-state index contributed by atoms with van der Waals surface area (Å²) in [6.45, 7) is 11.5. The van der Waals surface area contributed by atoms with Gasteiger partial charge in [-0.3, -0.25) is 4.79 Å². The van der Waals surface area contributed by atoms with Crippen LogP contribution in [-0.2, 0) is 11.8 Å². The molecule has 208 valence electrons. The minimum atomic E-state index is -0.0451. The average molecular weight is 550 g/mol. The summed E-state index contributed by atoms with van der Waals surface area (Å²) in [5, 5.41) is 3.41. The van der Waals surface area contributed by atoms with E-state index in [1.54, 1.807) is 6.33 Å². The largest absolute Gasteiger partial charge is 0.455 e. The molecule has 0 saturated carbocycles. The van der Waals surface area contributed by atoms with Gasteiger partial charge in [-0.05, 0) is 62.7 Å². The van der Waals surface area contributed by atoms with Crippen LogP contribution in [0.2, 0.25) is 0 Å². The summed E-state index contributed by atoms with van der Waals surface area (Å²) in [6, 6.07) is 11.8. The smallest absolute Gasteiger partial charge is 0.246 e. The maximum Gasteiger partial charge on any atom is 0.246 e. The molecule has 1 amide bonds. The van der Waals surface area contributed by atoms with Gasteiger partial charge in [0.05, 0.1) is 17.5 Å². The van der Waals surface area contributed by atoms with Gasteiger partial charge in [-0.25, -0.2) is 24.9 Å². The molecule has 0 unspecified atom stereocenters. The molecule has 0 spiro atoms. The van der Waals surface area contributed by atoms with E-state index in [2.05, 4.69) is 36.7 Å². The first-order valence-electron chi connectivity index (χ1n) is 13.4. The van der Waals surface area contributed by atoms with Crippen molar-refractivity contribution in [2.24, 2.45) is 7.05 Å². The molecule has 0 aliphatic carbocycles. The van der Waals surface area contributed by atoms with Crippen LogP contribution < -0.4 is 15.0 Å². The first kappa shape index (κ1) is 26.2. The summed E-state index contributed by atoms with van der Waals surface area (Å²) in [4.78, 5) is 39.0. The Morgan fingerprint density at radius 2 is 1.90 bits per heavy atom. The van der Waals surface area contributed by atoms with Crippen LogP contribution in [0.25, 0.3) is 22.2 Å². The van der Waals surface area contributed by atoms with Gasteiger partial charge >= 0.3 is 0 Å². The van der Waals surface area contributed by atoms with Crippen molar-refractivity contribution in [2.75, 3.05) is 29.9 Å². The monoisotopic (exact) mass is 549 g/mol. The van der Waals surface area contributed by atoms with Crippen LogP contribution >= 0.6 is 0 Å². The van der Waals surface area contributed by atoms with Crippen molar-refractivity contribution in [3.8, 4) is 11.5 Å². The molecule has 1 fully saturated rings. The van der Waals surface area contributed by atoms with E-state index in [1.165, 1.54) is 12.4 Å². The number of carbonyl (C=O) groups is 1. The third kappa shape index (κ3) is 5.02. The fraction of sp³-hybridized carbons (Fsp3) is 0.267. The van der Waals surface area contributed by atoms with Crippen molar-refractivity contribution in [3.63, 3.8) is 0 Å². The Kier molecular flexibility index (Phi) is 6.70. The minimum absolute atomic E-state index is 0.0451. The van der Waals surface area contributed by atoms with E-state index in [1.807, 2.05) is 73.7 Å². The van der Waals surface area contributed by atoms with Gasteiger partial charge in [-0.2, -0.15) is 0 Å². The Labute approximate surface area is 237 Å². The quantitative estimate of drug-likeness (QED) is 0.302. The van der Waals surface area contributed by atoms with Crippen LogP contribution in [0, 0.1) is 13.8 Å². The Balaban J connectivity index is 1.23. The van der Waals surface area contributed by atoms with Crippen molar-refractivity contribution in [1.29, 1.82) is 0 Å². The summed E-state index contributed by atoms with van der Waals surface area (Å²) in [6.07, 6.45) is 4.64. The zero-order valence-corrected chi connectivity index (χ0v) is 23.5. The Hall–Kier alpha value is -5.06. The summed E-state index contributed by atoms with van der Waals surface area (Å²) >= 11 is 0. The van der Waals surface area contributed by atoms with Gasteiger partial charge in [-0.15, -0.1) is 0 Å². The molecule has 11 heteroatoms. The van der Waals surface area contributed by atoms with E-state index < -0.39 is 0 Å². The van der Waals surface area contributed by atoms with Crippen molar-refractivity contribution in [3.05, 3.63) is 73.0 Å². The van der Waals surface area contributed by atoms with Crippen LogP contribution in [0.4, 0.5) is 17.3 Å². The normalized spacial score (nSPS) is 15.4. The molecular formula is C30H31N9O2. The van der Waals surface area contributed by atoms with E-state index in [0.717, 1.165) is 45.2 Å². The number of nitrogens with zero attached hydrogens (tertiary/aromatic N) is 8. The second-order valence-electron chi connectivity index (χ2n) is 10.3. The highest BCUT2D eigenvalue weighted by molar-refractivity contribution is 5.89. The number of imidazole rings is 1. The molecule has 4 aromatic heterocycles. The van der Waals surface area contributed by atoms with Crippen LogP contribution in [0.5, 0.6) is 11.5 Å². The molecule has 41 heavy (non-hydrogen) atoms. The summed E-state index contributed by atoms with van der Waals surface area (Å²) in [5.74, 6) is 2.78. The van der Waals surface area contributed by atoms with Gasteiger partial charge in [0.15, 0.2) is 17.2 Å². The highest BCUT2D eigenvalue weighted by Gasteiger charge is 2.27. The number of rotatable bonds is 6. The van der Waals surface area contributed by atoms with Crippen molar-refractivity contribution < 1.29 is 9.53 Å². The standard InChI is InChI=1S/C30H31N9O2/c1-6-27(40)39-12-11-38(15-19(39)3)26-10-8-22-28(36-26)29(32-16-31-22)35-21-7-9-24(18(2)13-21)41-25-14-23-30(34-20(25)4)37(5)17-33-23/h6-10,13-14,16-17,19H,1,11-12,15H2,2-5H3,(H,31,32,35)/t19-/m1/s1. The molecule has 0 radical (unpaired) electrons. The first-order chi connectivity index (χ1) is 19.8. The van der Waals surface area contributed by atoms with Crippen molar-refractivity contribution in [1.82, 2.24) is 34.4 Å². The van der Waals surface area contributed by atoms with Gasteiger partial charge in [0.2, 0.25) is 5.91 Å². The first-order valence-corrected chi connectivity index (χ1v) is 13.4. The number of nitrogens with one attached hydrogen (secondary N) is 1. The predicted octanol–water partition coefficient (Wildman–Crippen LogP) is 4.68. The lowest BCUT2D eigenvalue weighted by molar-refractivity contribution is -0.128. The number of hydrogen-bond donors (Lipinski definition) is 1. The SMILES string of the molecule is C=CC(=O)N1CCN(c2ccc3ncnc(Nc4ccc(Oc5cc6ncn(C)c6nc5C)c(C)c4)c3n2)C[C@H]1C. The maximum atomic E-state index is 12.1. The molecule has 1 saturated heterocycles. The second kappa shape index (κ2) is 10.5. The molecule has 1 aliphatic heterocycles. The third-order valence-corrected chi connectivity index (χ3v) is 7.37. The summed E-state index contributed by atoms with van der Waals surface area (Å²) in [5.41, 5.74) is 5.61. The molecule has 11 nitrogen and oxygen atoms in total. The fourth-order valence-corrected chi connectivity index (χ4v) is 5.13. The minimum Gasteiger partial charge on any atom is -0.455 e. The maximum absolute atomic E-state index is 12.1. The lowest BCUT2D eigenvalue weighted by Gasteiger charge is -2.40. The van der Waals surface area contributed by atoms with Gasteiger partial charge in [0.1, 0.15) is 28.9 Å². The van der Waals surface area contributed by atoms with Gasteiger partial charge in [0, 0.05) is 44.5 Å².